The van der Waals surface area contributed by atoms with Crippen LogP contribution in [-0.4, -0.2) is 89.9 Å². The van der Waals surface area contributed by atoms with E-state index >= 15 is 0 Å². The number of hydrogen-bond acceptors (Lipinski definition) is 9. The molecule has 0 amide bonds. The van der Waals surface area contributed by atoms with E-state index in [0.717, 1.165) is 6.29 Å². The molecule has 0 aromatic carbocycles. The van der Waals surface area contributed by atoms with Crippen molar-refractivity contribution in [1.29, 1.82) is 0 Å². The topological polar surface area (TPSA) is 98.2 Å². The van der Waals surface area contributed by atoms with Crippen LogP contribution in [0.5, 0.6) is 0 Å². The molecule has 0 bridgehead atoms. The summed E-state index contributed by atoms with van der Waals surface area (Å²) in [5.41, 5.74) is 1.33. The molecular weight excluding hydrogens is 368 g/mol. The number of aldehydes is 1. The van der Waals surface area contributed by atoms with Crippen LogP contribution in [0, 0.1) is 0 Å². The van der Waals surface area contributed by atoms with Gasteiger partial charge >= 0.3 is 0 Å². The molecule has 0 aliphatic carbocycles. The Labute approximate surface area is 166 Å². The van der Waals surface area contributed by atoms with Crippen LogP contribution in [0.2, 0.25) is 0 Å². The van der Waals surface area contributed by atoms with Gasteiger partial charge in [0, 0.05) is 61.7 Å². The standard InChI is InChI=1S/C19H32N2O7/c1-23-12-17(26-4)19(28-6)18(27-5)14-11-20-13(10-21-14)9-16(25-3)15(24-2)7-8-22/h8,10-11,15-19H,7,9,12H2,1-6H3. The van der Waals surface area contributed by atoms with E-state index < -0.39 is 12.2 Å². The summed E-state index contributed by atoms with van der Waals surface area (Å²) in [6.07, 6.45) is 2.95. The van der Waals surface area contributed by atoms with Crippen molar-refractivity contribution in [3.8, 4) is 0 Å². The largest absolute Gasteiger partial charge is 0.382 e. The van der Waals surface area contributed by atoms with Crippen molar-refractivity contribution in [3.63, 3.8) is 0 Å². The van der Waals surface area contributed by atoms with Crippen LogP contribution >= 0.6 is 0 Å². The summed E-state index contributed by atoms with van der Waals surface area (Å²) in [5, 5.41) is 0. The van der Waals surface area contributed by atoms with Gasteiger partial charge in [0.15, 0.2) is 0 Å². The molecule has 0 spiro atoms. The fourth-order valence-corrected chi connectivity index (χ4v) is 3.04. The van der Waals surface area contributed by atoms with E-state index in [1.807, 2.05) is 0 Å². The first-order chi connectivity index (χ1) is 13.6. The number of methoxy groups -OCH3 is 6. The number of carbonyl (C=O) groups is 1. The third kappa shape index (κ3) is 6.84. The summed E-state index contributed by atoms with van der Waals surface area (Å²) in [6.45, 7) is 0.352. The van der Waals surface area contributed by atoms with E-state index in [1.165, 1.54) is 0 Å². The molecule has 0 saturated heterocycles. The highest BCUT2D eigenvalue weighted by Gasteiger charge is 2.32. The maximum absolute atomic E-state index is 10.8. The van der Waals surface area contributed by atoms with Crippen molar-refractivity contribution >= 4 is 6.29 Å². The average Bonchev–Trinajstić information content (AvgIpc) is 2.73. The lowest BCUT2D eigenvalue weighted by Crippen LogP contribution is -2.39. The molecule has 0 aliphatic rings. The first kappa shape index (κ1) is 24.5. The first-order valence-corrected chi connectivity index (χ1v) is 8.97. The van der Waals surface area contributed by atoms with E-state index in [-0.39, 0.29) is 24.7 Å². The van der Waals surface area contributed by atoms with Gasteiger partial charge in [-0.15, -0.1) is 0 Å². The molecule has 5 atom stereocenters. The molecule has 9 heteroatoms. The molecule has 1 aromatic heterocycles. The van der Waals surface area contributed by atoms with E-state index in [0.29, 0.717) is 24.4 Å². The van der Waals surface area contributed by atoms with E-state index in [1.54, 1.807) is 55.1 Å². The minimum Gasteiger partial charge on any atom is -0.382 e. The lowest BCUT2D eigenvalue weighted by Gasteiger charge is -2.30. The van der Waals surface area contributed by atoms with E-state index in [9.17, 15) is 4.79 Å². The lowest BCUT2D eigenvalue weighted by molar-refractivity contribution is -0.126. The summed E-state index contributed by atoms with van der Waals surface area (Å²) < 4.78 is 32.6. The minimum atomic E-state index is -0.480. The average molecular weight is 400 g/mol. The molecule has 0 N–H and O–H groups in total. The monoisotopic (exact) mass is 400 g/mol. The molecule has 0 radical (unpaired) electrons. The second kappa shape index (κ2) is 13.6. The van der Waals surface area contributed by atoms with Gasteiger partial charge in [0.2, 0.25) is 0 Å². The Morgan fingerprint density at radius 3 is 1.96 bits per heavy atom. The van der Waals surface area contributed by atoms with Gasteiger partial charge in [-0.05, 0) is 0 Å². The van der Waals surface area contributed by atoms with Crippen LogP contribution in [0.4, 0.5) is 0 Å². The van der Waals surface area contributed by atoms with E-state index in [4.69, 9.17) is 28.4 Å². The van der Waals surface area contributed by atoms with Gasteiger partial charge in [0.05, 0.1) is 36.4 Å². The van der Waals surface area contributed by atoms with Crippen molar-refractivity contribution in [2.75, 3.05) is 49.3 Å². The number of carbonyl (C=O) groups excluding carboxylic acids is 1. The highest BCUT2D eigenvalue weighted by atomic mass is 16.6. The molecule has 0 fully saturated rings. The molecule has 1 aromatic rings. The van der Waals surface area contributed by atoms with Crippen molar-refractivity contribution in [3.05, 3.63) is 23.8 Å². The molecular formula is C19H32N2O7. The SMILES string of the molecule is COCC(OC)C(OC)C(OC)c1cnc(CC(OC)C(CC=O)OC)cn1. The molecule has 5 unspecified atom stereocenters. The molecule has 160 valence electrons. The Bertz CT molecular complexity index is 544. The summed E-state index contributed by atoms with van der Waals surface area (Å²) in [7, 11) is 9.48. The van der Waals surface area contributed by atoms with Crippen molar-refractivity contribution in [2.24, 2.45) is 0 Å². The van der Waals surface area contributed by atoms with Gasteiger partial charge in [-0.3, -0.25) is 9.97 Å². The second-order valence-corrected chi connectivity index (χ2v) is 6.17. The Balaban J connectivity index is 2.94. The smallest absolute Gasteiger partial charge is 0.129 e. The molecule has 9 nitrogen and oxygen atoms in total. The molecule has 0 aliphatic heterocycles. The Kier molecular flexibility index (Phi) is 12.0. The quantitative estimate of drug-likeness (QED) is 0.399. The van der Waals surface area contributed by atoms with Crippen LogP contribution in [0.3, 0.4) is 0 Å². The zero-order valence-corrected chi connectivity index (χ0v) is 17.5. The highest BCUT2D eigenvalue weighted by molar-refractivity contribution is 5.50. The summed E-state index contributed by atoms with van der Waals surface area (Å²) in [5.74, 6) is 0. The van der Waals surface area contributed by atoms with Crippen LogP contribution in [0.25, 0.3) is 0 Å². The van der Waals surface area contributed by atoms with Gasteiger partial charge in [-0.25, -0.2) is 0 Å². The Morgan fingerprint density at radius 2 is 1.54 bits per heavy atom. The van der Waals surface area contributed by atoms with Crippen molar-refractivity contribution in [1.82, 2.24) is 9.97 Å². The van der Waals surface area contributed by atoms with Gasteiger partial charge in [-0.1, -0.05) is 0 Å². The second-order valence-electron chi connectivity index (χ2n) is 6.17. The maximum atomic E-state index is 10.8. The molecule has 1 heterocycles. The Morgan fingerprint density at radius 1 is 0.857 bits per heavy atom. The van der Waals surface area contributed by atoms with Gasteiger partial charge in [-0.2, -0.15) is 0 Å². The first-order valence-electron chi connectivity index (χ1n) is 8.97. The molecule has 0 saturated carbocycles. The highest BCUT2D eigenvalue weighted by Crippen LogP contribution is 2.24. The summed E-state index contributed by atoms with van der Waals surface area (Å²) in [6, 6.07) is 0. The maximum Gasteiger partial charge on any atom is 0.129 e. The Hall–Kier alpha value is -1.49. The van der Waals surface area contributed by atoms with Gasteiger partial charge < -0.3 is 33.2 Å². The summed E-state index contributed by atoms with van der Waals surface area (Å²) >= 11 is 0. The van der Waals surface area contributed by atoms with Crippen LogP contribution < -0.4 is 0 Å². The van der Waals surface area contributed by atoms with Crippen molar-refractivity contribution in [2.45, 2.75) is 43.4 Å². The third-order valence-corrected chi connectivity index (χ3v) is 4.60. The van der Waals surface area contributed by atoms with E-state index in [2.05, 4.69) is 9.97 Å². The minimum absolute atomic E-state index is 0.250. The fourth-order valence-electron chi connectivity index (χ4n) is 3.04. The summed E-state index contributed by atoms with van der Waals surface area (Å²) in [4.78, 5) is 19.8. The molecule has 28 heavy (non-hydrogen) atoms. The fraction of sp³-hybridized carbons (Fsp3) is 0.737. The number of rotatable bonds is 15. The predicted octanol–water partition coefficient (Wildman–Crippen LogP) is 1.00. The zero-order valence-electron chi connectivity index (χ0n) is 17.5. The normalized spacial score (nSPS) is 16.9. The third-order valence-electron chi connectivity index (χ3n) is 4.60. The number of nitrogens with zero attached hydrogens (tertiary/aromatic N) is 2. The van der Waals surface area contributed by atoms with Crippen LogP contribution in [0.15, 0.2) is 12.4 Å². The predicted molar refractivity (Wildman–Crippen MR) is 101 cm³/mol. The number of ether oxygens (including phenoxy) is 6. The van der Waals surface area contributed by atoms with Crippen LogP contribution in [-0.2, 0) is 39.6 Å². The van der Waals surface area contributed by atoms with Crippen LogP contribution in [0.1, 0.15) is 23.9 Å². The zero-order chi connectivity index (χ0) is 20.9. The molecule has 1 rings (SSSR count). The lowest BCUT2D eigenvalue weighted by atomic mass is 10.0. The number of hydrogen-bond donors (Lipinski definition) is 0. The van der Waals surface area contributed by atoms with Gasteiger partial charge in [0.1, 0.15) is 24.6 Å². The van der Waals surface area contributed by atoms with Crippen molar-refractivity contribution < 1.29 is 33.2 Å². The van der Waals surface area contributed by atoms with Gasteiger partial charge in [0.25, 0.3) is 0 Å². The number of aromatic nitrogens is 2.